The van der Waals surface area contributed by atoms with E-state index in [4.69, 9.17) is 14.8 Å². The maximum atomic E-state index is 5.52. The fraction of sp³-hybridized carbons (Fsp3) is 0.190. The van der Waals surface area contributed by atoms with Crippen LogP contribution in [0.1, 0.15) is 4.88 Å². The summed E-state index contributed by atoms with van der Waals surface area (Å²) in [6, 6.07) is 18.2. The van der Waals surface area contributed by atoms with Crippen LogP contribution in [0.5, 0.6) is 0 Å². The van der Waals surface area contributed by atoms with Crippen molar-refractivity contribution in [2.45, 2.75) is 0 Å². The van der Waals surface area contributed by atoms with E-state index in [-0.39, 0.29) is 0 Å². The maximum absolute atomic E-state index is 5.52. The molecule has 0 bridgehead atoms. The van der Waals surface area contributed by atoms with Gasteiger partial charge in [0.2, 0.25) is 0 Å². The Kier molecular flexibility index (Phi) is 4.93. The molecular weight excluding hydrogens is 384 g/mol. The Morgan fingerprint density at radius 3 is 2.72 bits per heavy atom. The maximum Gasteiger partial charge on any atom is 0.160 e. The third-order valence-corrected chi connectivity index (χ3v) is 5.53. The van der Waals surface area contributed by atoms with E-state index in [9.17, 15) is 0 Å². The van der Waals surface area contributed by atoms with Gasteiger partial charge in [0.05, 0.1) is 25.1 Å². The first-order chi connectivity index (χ1) is 14.4. The Morgan fingerprint density at radius 2 is 1.93 bits per heavy atom. The molecule has 5 rings (SSSR count). The number of nitrogens with one attached hydrogen (secondary N) is 1. The van der Waals surface area contributed by atoms with Gasteiger partial charge in [-0.05, 0) is 11.4 Å². The van der Waals surface area contributed by atoms with Gasteiger partial charge in [-0.2, -0.15) is 14.7 Å². The predicted molar refractivity (Wildman–Crippen MR) is 117 cm³/mol. The van der Waals surface area contributed by atoms with Crippen molar-refractivity contribution < 1.29 is 4.74 Å². The van der Waals surface area contributed by atoms with Crippen LogP contribution < -0.4 is 10.3 Å². The molecule has 0 spiro atoms. The van der Waals surface area contributed by atoms with E-state index in [0.29, 0.717) is 19.0 Å². The second-order valence-corrected chi connectivity index (χ2v) is 7.63. The summed E-state index contributed by atoms with van der Waals surface area (Å²) in [5.41, 5.74) is 5.81. The van der Waals surface area contributed by atoms with E-state index in [1.54, 1.807) is 17.6 Å². The lowest BCUT2D eigenvalue weighted by atomic mass is 10.2. The van der Waals surface area contributed by atoms with Crippen molar-refractivity contribution in [3.63, 3.8) is 0 Å². The van der Waals surface area contributed by atoms with E-state index in [1.807, 2.05) is 52.4 Å². The molecule has 1 N–H and O–H groups in total. The van der Waals surface area contributed by atoms with Crippen LogP contribution in [0.15, 0.2) is 65.1 Å². The number of nitrogens with zero attached hydrogens (tertiary/aromatic N) is 5. The lowest BCUT2D eigenvalue weighted by molar-refractivity contribution is 0.122. The monoisotopic (exact) mass is 404 g/mol. The average molecular weight is 404 g/mol. The minimum Gasteiger partial charge on any atom is -0.378 e. The van der Waals surface area contributed by atoms with Crippen LogP contribution in [0.4, 0.5) is 11.6 Å². The molecule has 3 aromatic heterocycles. The summed E-state index contributed by atoms with van der Waals surface area (Å²) in [6.07, 6.45) is 1.80. The fourth-order valence-corrected chi connectivity index (χ4v) is 3.90. The summed E-state index contributed by atoms with van der Waals surface area (Å²) in [4.78, 5) is 8.07. The molecule has 29 heavy (non-hydrogen) atoms. The summed E-state index contributed by atoms with van der Waals surface area (Å²) < 4.78 is 7.42. The Morgan fingerprint density at radius 1 is 1.07 bits per heavy atom. The lowest BCUT2D eigenvalue weighted by Gasteiger charge is -2.29. The molecule has 0 aliphatic carbocycles. The molecule has 7 nitrogen and oxygen atoms in total. The number of hydrogen-bond donors (Lipinski definition) is 1. The molecule has 1 fully saturated rings. The number of benzene rings is 1. The highest BCUT2D eigenvalue weighted by atomic mass is 32.1. The second kappa shape index (κ2) is 8.02. The quantitative estimate of drug-likeness (QED) is 0.405. The molecule has 1 aliphatic rings. The largest absolute Gasteiger partial charge is 0.378 e. The molecule has 1 saturated heterocycles. The molecule has 0 atom stereocenters. The molecule has 0 saturated carbocycles. The zero-order chi connectivity index (χ0) is 19.5. The van der Waals surface area contributed by atoms with E-state index < -0.39 is 0 Å². The number of hydrogen-bond acceptors (Lipinski definition) is 7. The first-order valence-corrected chi connectivity index (χ1v) is 10.4. The minimum atomic E-state index is 0.686. The zero-order valence-electron chi connectivity index (χ0n) is 15.7. The Hall–Kier alpha value is -3.23. The fourth-order valence-electron chi connectivity index (χ4n) is 3.31. The average Bonchev–Trinajstić information content (AvgIpc) is 3.44. The van der Waals surface area contributed by atoms with Crippen molar-refractivity contribution in [1.29, 1.82) is 0 Å². The molecule has 0 radical (unpaired) electrons. The topological polar surface area (TPSA) is 67.0 Å². The van der Waals surface area contributed by atoms with E-state index in [0.717, 1.165) is 40.7 Å². The van der Waals surface area contributed by atoms with Crippen LogP contribution in [0.3, 0.4) is 0 Å². The number of thiophene rings is 1. The molecule has 0 amide bonds. The Bertz CT molecular complexity index is 1120. The van der Waals surface area contributed by atoms with Crippen molar-refractivity contribution in [2.24, 2.45) is 5.10 Å². The van der Waals surface area contributed by atoms with Gasteiger partial charge < -0.3 is 9.64 Å². The standard InChI is InChI=1S/C21H20N6OS/c1-2-5-16(6-3-1)18-13-20-23-19(24-22-15-17-7-4-12-29-17)14-21(27(20)25-18)26-8-10-28-11-9-26/h1-7,12-15H,8-11H2,(H,23,24). The Balaban J connectivity index is 1.53. The molecule has 1 aliphatic heterocycles. The van der Waals surface area contributed by atoms with E-state index in [2.05, 4.69) is 27.6 Å². The molecule has 8 heteroatoms. The molecular formula is C21H20N6OS. The highest BCUT2D eigenvalue weighted by Gasteiger charge is 2.18. The van der Waals surface area contributed by atoms with Crippen molar-refractivity contribution in [2.75, 3.05) is 36.6 Å². The van der Waals surface area contributed by atoms with Gasteiger partial charge in [0.25, 0.3) is 0 Å². The molecule has 0 unspecified atom stereocenters. The van der Waals surface area contributed by atoms with Gasteiger partial charge in [0, 0.05) is 35.7 Å². The minimum absolute atomic E-state index is 0.686. The van der Waals surface area contributed by atoms with Gasteiger partial charge in [-0.3, -0.25) is 5.43 Å². The molecule has 4 aromatic rings. The van der Waals surface area contributed by atoms with Crippen LogP contribution >= 0.6 is 11.3 Å². The smallest absolute Gasteiger partial charge is 0.160 e. The first-order valence-electron chi connectivity index (χ1n) is 9.48. The zero-order valence-corrected chi connectivity index (χ0v) is 16.5. The molecule has 146 valence electrons. The van der Waals surface area contributed by atoms with Gasteiger partial charge in [-0.25, -0.2) is 4.98 Å². The number of ether oxygens (including phenoxy) is 1. The van der Waals surface area contributed by atoms with Crippen LogP contribution in [0.2, 0.25) is 0 Å². The first kappa shape index (κ1) is 17.8. The number of aromatic nitrogens is 3. The van der Waals surface area contributed by atoms with Gasteiger partial charge in [-0.1, -0.05) is 36.4 Å². The number of fused-ring (bicyclic) bond motifs is 1. The van der Waals surface area contributed by atoms with Crippen molar-refractivity contribution in [3.05, 3.63) is 64.9 Å². The van der Waals surface area contributed by atoms with Crippen molar-refractivity contribution in [3.8, 4) is 11.3 Å². The van der Waals surface area contributed by atoms with Crippen LogP contribution in [0.25, 0.3) is 16.9 Å². The van der Waals surface area contributed by atoms with Gasteiger partial charge in [-0.15, -0.1) is 11.3 Å². The van der Waals surface area contributed by atoms with E-state index >= 15 is 0 Å². The second-order valence-electron chi connectivity index (χ2n) is 6.65. The highest BCUT2D eigenvalue weighted by Crippen LogP contribution is 2.25. The third-order valence-electron chi connectivity index (χ3n) is 4.73. The van der Waals surface area contributed by atoms with Crippen molar-refractivity contribution >= 4 is 34.8 Å². The van der Waals surface area contributed by atoms with Gasteiger partial charge in [0.15, 0.2) is 11.5 Å². The number of anilines is 2. The molecule has 1 aromatic carbocycles. The van der Waals surface area contributed by atoms with Gasteiger partial charge in [0.1, 0.15) is 5.82 Å². The van der Waals surface area contributed by atoms with Crippen LogP contribution in [-0.4, -0.2) is 47.1 Å². The summed E-state index contributed by atoms with van der Waals surface area (Å²) in [5, 5.41) is 11.2. The molecule has 4 heterocycles. The SMILES string of the molecule is C(=NNc1cc(N2CCOCC2)n2nc(-c3ccccc3)cc2n1)c1cccs1. The summed E-state index contributed by atoms with van der Waals surface area (Å²) in [5.74, 6) is 1.67. The summed E-state index contributed by atoms with van der Waals surface area (Å²) in [6.45, 7) is 3.04. The Labute approximate surface area is 172 Å². The van der Waals surface area contributed by atoms with E-state index in [1.165, 1.54) is 0 Å². The number of rotatable bonds is 5. The summed E-state index contributed by atoms with van der Waals surface area (Å²) in [7, 11) is 0. The summed E-state index contributed by atoms with van der Waals surface area (Å²) >= 11 is 1.64. The normalized spacial score (nSPS) is 14.7. The predicted octanol–water partition coefficient (Wildman–Crippen LogP) is 3.74. The highest BCUT2D eigenvalue weighted by molar-refractivity contribution is 7.11. The number of morpholine rings is 1. The van der Waals surface area contributed by atoms with Crippen LogP contribution in [-0.2, 0) is 4.74 Å². The van der Waals surface area contributed by atoms with Gasteiger partial charge >= 0.3 is 0 Å². The third kappa shape index (κ3) is 3.85. The lowest BCUT2D eigenvalue weighted by Crippen LogP contribution is -2.37. The number of hydrazone groups is 1. The van der Waals surface area contributed by atoms with Crippen molar-refractivity contribution in [1.82, 2.24) is 14.6 Å². The van der Waals surface area contributed by atoms with Crippen LogP contribution in [0, 0.1) is 0 Å².